The van der Waals surface area contributed by atoms with Crippen molar-refractivity contribution in [2.45, 2.75) is 347 Å². The van der Waals surface area contributed by atoms with Gasteiger partial charge in [-0.05, 0) is 51.4 Å². The fourth-order valence-electron chi connectivity index (χ4n) is 9.56. The van der Waals surface area contributed by atoms with Gasteiger partial charge >= 0.3 is 5.97 Å². The molecule has 0 aromatic heterocycles. The number of nitrogens with one attached hydrogen (secondary N) is 1. The van der Waals surface area contributed by atoms with Crippen molar-refractivity contribution in [1.29, 1.82) is 0 Å². The molecule has 0 aromatic rings. The largest absolute Gasteiger partial charge is 0.466 e. The molecule has 0 aliphatic heterocycles. The van der Waals surface area contributed by atoms with Crippen molar-refractivity contribution < 1.29 is 24.5 Å². The second-order valence-electron chi connectivity index (χ2n) is 21.0. The number of carbonyl (C=O) groups excluding carboxylic acids is 2. The van der Waals surface area contributed by atoms with E-state index in [4.69, 9.17) is 4.74 Å². The summed E-state index contributed by atoms with van der Waals surface area (Å²) in [4.78, 5) is 24.5. The van der Waals surface area contributed by atoms with E-state index in [0.717, 1.165) is 51.4 Å². The van der Waals surface area contributed by atoms with E-state index in [9.17, 15) is 19.8 Å². The first kappa shape index (κ1) is 66.3. The van der Waals surface area contributed by atoms with E-state index in [1.165, 1.54) is 250 Å². The monoisotopic (exact) mass is 958 g/mol. The number of rotatable bonds is 57. The van der Waals surface area contributed by atoms with Gasteiger partial charge < -0.3 is 20.3 Å². The number of unbranched alkanes of at least 4 members (excludes halogenated alkanes) is 42. The summed E-state index contributed by atoms with van der Waals surface area (Å²) in [7, 11) is 0. The highest BCUT2D eigenvalue weighted by Crippen LogP contribution is 2.18. The Morgan fingerprint density at radius 1 is 0.412 bits per heavy atom. The van der Waals surface area contributed by atoms with E-state index in [2.05, 4.69) is 43.5 Å². The van der Waals surface area contributed by atoms with Gasteiger partial charge in [0.05, 0.1) is 25.4 Å². The summed E-state index contributed by atoms with van der Waals surface area (Å²) in [6.45, 7) is 4.90. The van der Waals surface area contributed by atoms with Crippen LogP contribution in [0.2, 0.25) is 0 Å². The molecular weight excluding hydrogens is 839 g/mol. The van der Waals surface area contributed by atoms with Gasteiger partial charge in [0.2, 0.25) is 5.91 Å². The lowest BCUT2D eigenvalue weighted by molar-refractivity contribution is -0.143. The van der Waals surface area contributed by atoms with E-state index in [1.807, 2.05) is 0 Å². The van der Waals surface area contributed by atoms with E-state index in [-0.39, 0.29) is 18.5 Å². The van der Waals surface area contributed by atoms with Gasteiger partial charge in [0.15, 0.2) is 0 Å². The van der Waals surface area contributed by atoms with Crippen LogP contribution in [0.5, 0.6) is 0 Å². The lowest BCUT2D eigenvalue weighted by Crippen LogP contribution is -2.45. The predicted octanol–water partition coefficient (Wildman–Crippen LogP) is 19.0. The normalized spacial score (nSPS) is 12.7. The SMILES string of the molecule is CCC/C=C\C/C=C\CCCCCCCC(=O)OCCCCCCCCCCCCCCCCCCCCCC(=O)NC(CO)C(O)CCCCCCCCCCCCCCCCCCCCC. The first-order valence-electron chi connectivity index (χ1n) is 30.6. The molecule has 2 unspecified atom stereocenters. The molecule has 0 heterocycles. The molecule has 0 saturated heterocycles. The topological polar surface area (TPSA) is 95.9 Å². The Bertz CT molecular complexity index is 1060. The second kappa shape index (κ2) is 57.9. The summed E-state index contributed by atoms with van der Waals surface area (Å²) in [6, 6.07) is -0.544. The molecule has 3 N–H and O–H groups in total. The standard InChI is InChI=1S/C62H119NO5/c1-3-5-7-9-11-13-15-17-18-19-21-24-27-31-34-38-42-46-50-54-60(65)59(58-64)63-61(66)55-51-47-43-39-35-32-28-25-22-20-23-26-29-33-37-41-45-49-53-57-68-62(67)56-52-48-44-40-36-30-16-14-12-10-8-6-4-2/h8,10,14,16,59-60,64-65H,3-7,9,11-13,15,17-58H2,1-2H3,(H,63,66)/b10-8-,16-14-. The molecule has 2 atom stereocenters. The van der Waals surface area contributed by atoms with Crippen molar-refractivity contribution in [2.24, 2.45) is 0 Å². The van der Waals surface area contributed by atoms with Crippen LogP contribution < -0.4 is 5.32 Å². The highest BCUT2D eigenvalue weighted by molar-refractivity contribution is 5.76. The number of hydrogen-bond donors (Lipinski definition) is 3. The Labute approximate surface area is 424 Å². The first-order valence-corrected chi connectivity index (χ1v) is 30.6. The van der Waals surface area contributed by atoms with E-state index >= 15 is 0 Å². The first-order chi connectivity index (χ1) is 33.5. The molecule has 0 radical (unpaired) electrons. The van der Waals surface area contributed by atoms with Gasteiger partial charge in [-0.3, -0.25) is 9.59 Å². The highest BCUT2D eigenvalue weighted by Gasteiger charge is 2.20. The van der Waals surface area contributed by atoms with Crippen molar-refractivity contribution in [1.82, 2.24) is 5.32 Å². The van der Waals surface area contributed by atoms with Crippen LogP contribution in [0.1, 0.15) is 335 Å². The number of aliphatic hydroxyl groups excluding tert-OH is 2. The maximum atomic E-state index is 12.5. The molecule has 0 spiro atoms. The average Bonchev–Trinajstić information content (AvgIpc) is 3.34. The van der Waals surface area contributed by atoms with Gasteiger partial charge in [-0.2, -0.15) is 0 Å². The summed E-state index contributed by atoms with van der Waals surface area (Å²) in [5, 5.41) is 23.4. The third-order valence-corrected chi connectivity index (χ3v) is 14.2. The minimum Gasteiger partial charge on any atom is -0.466 e. The molecular formula is C62H119NO5. The summed E-state index contributed by atoms with van der Waals surface area (Å²) in [5.74, 6) is -0.0410. The van der Waals surface area contributed by atoms with Crippen LogP contribution in [0.3, 0.4) is 0 Å². The molecule has 0 rings (SSSR count). The third-order valence-electron chi connectivity index (χ3n) is 14.2. The second-order valence-corrected chi connectivity index (χ2v) is 21.0. The Kier molecular flexibility index (Phi) is 56.5. The van der Waals surface area contributed by atoms with Gasteiger partial charge in [0, 0.05) is 12.8 Å². The number of hydrogen-bond acceptors (Lipinski definition) is 5. The molecule has 402 valence electrons. The fraction of sp³-hybridized carbons (Fsp3) is 0.903. The van der Waals surface area contributed by atoms with E-state index in [1.54, 1.807) is 0 Å². The molecule has 0 aliphatic rings. The molecule has 6 nitrogen and oxygen atoms in total. The maximum Gasteiger partial charge on any atom is 0.305 e. The Balaban J connectivity index is 3.41. The summed E-state index contributed by atoms with van der Waals surface area (Å²) >= 11 is 0. The molecule has 0 saturated carbocycles. The van der Waals surface area contributed by atoms with Crippen molar-refractivity contribution in [3.63, 3.8) is 0 Å². The minimum absolute atomic E-state index is 0.00577. The third kappa shape index (κ3) is 53.7. The molecule has 0 aromatic carbocycles. The molecule has 0 fully saturated rings. The lowest BCUT2D eigenvalue weighted by atomic mass is 10.0. The van der Waals surface area contributed by atoms with Crippen LogP contribution in [-0.2, 0) is 14.3 Å². The van der Waals surface area contributed by atoms with Crippen LogP contribution in [0, 0.1) is 0 Å². The predicted molar refractivity (Wildman–Crippen MR) is 296 cm³/mol. The maximum absolute atomic E-state index is 12.5. The van der Waals surface area contributed by atoms with Crippen LogP contribution in [0.25, 0.3) is 0 Å². The van der Waals surface area contributed by atoms with Crippen molar-refractivity contribution >= 4 is 11.9 Å². The number of carbonyl (C=O) groups is 2. The fourth-order valence-corrected chi connectivity index (χ4v) is 9.56. The molecule has 0 aliphatic carbocycles. The number of esters is 1. The minimum atomic E-state index is -0.667. The van der Waals surface area contributed by atoms with Gasteiger partial charge in [-0.15, -0.1) is 0 Å². The lowest BCUT2D eigenvalue weighted by Gasteiger charge is -2.22. The quantitative estimate of drug-likeness (QED) is 0.0321. The van der Waals surface area contributed by atoms with Crippen molar-refractivity contribution in [3.8, 4) is 0 Å². The zero-order chi connectivity index (χ0) is 49.3. The van der Waals surface area contributed by atoms with Crippen LogP contribution in [0.4, 0.5) is 0 Å². The molecule has 1 amide bonds. The van der Waals surface area contributed by atoms with Gasteiger partial charge in [0.1, 0.15) is 0 Å². The van der Waals surface area contributed by atoms with Crippen LogP contribution in [-0.4, -0.2) is 47.4 Å². The molecule has 6 heteroatoms. The summed E-state index contributed by atoms with van der Waals surface area (Å²) < 4.78 is 5.46. The van der Waals surface area contributed by atoms with Crippen LogP contribution in [0.15, 0.2) is 24.3 Å². The van der Waals surface area contributed by atoms with E-state index < -0.39 is 12.1 Å². The number of allylic oxidation sites excluding steroid dienone is 4. The summed E-state index contributed by atoms with van der Waals surface area (Å²) in [5.41, 5.74) is 0. The highest BCUT2D eigenvalue weighted by atomic mass is 16.5. The Morgan fingerprint density at radius 3 is 1.18 bits per heavy atom. The van der Waals surface area contributed by atoms with Crippen molar-refractivity contribution in [3.05, 3.63) is 24.3 Å². The molecule has 0 bridgehead atoms. The Hall–Kier alpha value is -1.66. The summed E-state index contributed by atoms with van der Waals surface area (Å²) in [6.07, 6.45) is 70.3. The van der Waals surface area contributed by atoms with Crippen LogP contribution >= 0.6 is 0 Å². The average molecular weight is 959 g/mol. The van der Waals surface area contributed by atoms with E-state index in [0.29, 0.717) is 25.9 Å². The van der Waals surface area contributed by atoms with Crippen molar-refractivity contribution in [2.75, 3.05) is 13.2 Å². The Morgan fingerprint density at radius 2 is 0.765 bits per heavy atom. The zero-order valence-corrected chi connectivity index (χ0v) is 45.9. The number of aliphatic hydroxyl groups is 2. The smallest absolute Gasteiger partial charge is 0.305 e. The van der Waals surface area contributed by atoms with Gasteiger partial charge in [-0.1, -0.05) is 295 Å². The molecule has 68 heavy (non-hydrogen) atoms. The number of ether oxygens (including phenoxy) is 1. The zero-order valence-electron chi connectivity index (χ0n) is 45.9. The number of amides is 1. The van der Waals surface area contributed by atoms with Gasteiger partial charge in [-0.25, -0.2) is 0 Å². The van der Waals surface area contributed by atoms with Gasteiger partial charge in [0.25, 0.3) is 0 Å².